The van der Waals surface area contributed by atoms with Gasteiger partial charge in [-0.25, -0.2) is 4.68 Å². The first-order valence-corrected chi connectivity index (χ1v) is 11.6. The molecule has 0 fully saturated rings. The quantitative estimate of drug-likeness (QED) is 0.159. The Morgan fingerprint density at radius 3 is 2.51 bits per heavy atom. The predicted octanol–water partition coefficient (Wildman–Crippen LogP) is 2.69. The standard InChI is InChI=1S/C28H28N6O3/c1-37-23-10-8-18(9-11-23)17-34-28(36)24(25(16-33-34)20-5-3-7-22(29)13-20)14-26(35)32-15-19-4-2-6-21(12-19)27(30)31/h2-13,16H,14-15,17,29H2,1H3,(H3,30,31)(H,32,35). The lowest BCUT2D eigenvalue weighted by molar-refractivity contribution is -0.120. The van der Waals surface area contributed by atoms with Crippen LogP contribution in [0.25, 0.3) is 11.1 Å². The molecule has 9 heteroatoms. The largest absolute Gasteiger partial charge is 0.497 e. The molecule has 0 bridgehead atoms. The minimum absolute atomic E-state index is 0.0471. The monoisotopic (exact) mass is 496 g/mol. The number of nitrogens with zero attached hydrogens (tertiary/aromatic N) is 2. The topological polar surface area (TPSA) is 149 Å². The number of methoxy groups -OCH3 is 1. The summed E-state index contributed by atoms with van der Waals surface area (Å²) in [5, 5.41) is 14.8. The van der Waals surface area contributed by atoms with Crippen LogP contribution in [0.2, 0.25) is 0 Å². The third-order valence-corrected chi connectivity index (χ3v) is 5.90. The molecule has 3 aromatic carbocycles. The van der Waals surface area contributed by atoms with Crippen LogP contribution in [0.1, 0.15) is 22.3 Å². The molecule has 0 aliphatic heterocycles. The zero-order chi connectivity index (χ0) is 26.4. The first-order valence-electron chi connectivity index (χ1n) is 11.6. The zero-order valence-electron chi connectivity index (χ0n) is 20.4. The highest BCUT2D eigenvalue weighted by Gasteiger charge is 2.17. The van der Waals surface area contributed by atoms with E-state index < -0.39 is 0 Å². The van der Waals surface area contributed by atoms with E-state index in [-0.39, 0.29) is 36.8 Å². The molecule has 4 rings (SSSR count). The normalized spacial score (nSPS) is 10.6. The van der Waals surface area contributed by atoms with Crippen molar-refractivity contribution in [3.05, 3.63) is 112 Å². The molecule has 37 heavy (non-hydrogen) atoms. The van der Waals surface area contributed by atoms with E-state index in [2.05, 4.69) is 10.4 Å². The lowest BCUT2D eigenvalue weighted by atomic mass is 10.00. The molecule has 0 spiro atoms. The molecule has 9 nitrogen and oxygen atoms in total. The second-order valence-electron chi connectivity index (χ2n) is 8.54. The fourth-order valence-electron chi connectivity index (χ4n) is 3.94. The van der Waals surface area contributed by atoms with Crippen LogP contribution in [-0.2, 0) is 24.3 Å². The van der Waals surface area contributed by atoms with Crippen LogP contribution in [0.15, 0.2) is 83.8 Å². The highest BCUT2D eigenvalue weighted by molar-refractivity contribution is 5.95. The molecule has 1 aromatic heterocycles. The molecule has 0 atom stereocenters. The van der Waals surface area contributed by atoms with Gasteiger partial charge in [-0.05, 0) is 47.0 Å². The molecule has 1 amide bonds. The van der Waals surface area contributed by atoms with E-state index in [1.54, 1.807) is 49.7 Å². The van der Waals surface area contributed by atoms with Gasteiger partial charge in [-0.3, -0.25) is 15.0 Å². The summed E-state index contributed by atoms with van der Waals surface area (Å²) < 4.78 is 6.54. The van der Waals surface area contributed by atoms with Gasteiger partial charge in [0.1, 0.15) is 11.6 Å². The zero-order valence-corrected chi connectivity index (χ0v) is 20.4. The number of ether oxygens (including phenoxy) is 1. The van der Waals surface area contributed by atoms with Crippen LogP contribution in [0.4, 0.5) is 5.69 Å². The number of nitrogens with one attached hydrogen (secondary N) is 2. The summed E-state index contributed by atoms with van der Waals surface area (Å²) in [5.74, 6) is 0.346. The van der Waals surface area contributed by atoms with Gasteiger partial charge in [0, 0.05) is 28.9 Å². The Kier molecular flexibility index (Phi) is 7.63. The van der Waals surface area contributed by atoms with Gasteiger partial charge in [-0.15, -0.1) is 0 Å². The predicted molar refractivity (Wildman–Crippen MR) is 143 cm³/mol. The maximum absolute atomic E-state index is 13.5. The van der Waals surface area contributed by atoms with Gasteiger partial charge in [0.25, 0.3) is 5.56 Å². The number of carbonyl (C=O) groups is 1. The smallest absolute Gasteiger partial charge is 0.271 e. The third kappa shape index (κ3) is 6.21. The van der Waals surface area contributed by atoms with Gasteiger partial charge in [-0.1, -0.05) is 42.5 Å². The van der Waals surface area contributed by atoms with Crippen molar-refractivity contribution < 1.29 is 9.53 Å². The highest BCUT2D eigenvalue weighted by atomic mass is 16.5. The fourth-order valence-corrected chi connectivity index (χ4v) is 3.94. The number of anilines is 1. The number of hydrogen-bond donors (Lipinski definition) is 4. The van der Waals surface area contributed by atoms with Crippen molar-refractivity contribution >= 4 is 17.4 Å². The molecule has 0 aliphatic carbocycles. The van der Waals surface area contributed by atoms with Crippen LogP contribution >= 0.6 is 0 Å². The van der Waals surface area contributed by atoms with Crippen molar-refractivity contribution in [2.24, 2.45) is 5.73 Å². The number of aromatic nitrogens is 2. The van der Waals surface area contributed by atoms with Crippen molar-refractivity contribution in [1.82, 2.24) is 15.1 Å². The Morgan fingerprint density at radius 2 is 1.81 bits per heavy atom. The number of nitrogens with two attached hydrogens (primary N) is 2. The molecular weight excluding hydrogens is 468 g/mol. The summed E-state index contributed by atoms with van der Waals surface area (Å²) in [5.41, 5.74) is 15.5. The minimum atomic E-state index is -0.357. The second-order valence-corrected chi connectivity index (χ2v) is 8.54. The lowest BCUT2D eigenvalue weighted by Crippen LogP contribution is -2.32. The van der Waals surface area contributed by atoms with Gasteiger partial charge in [-0.2, -0.15) is 5.10 Å². The summed E-state index contributed by atoms with van der Waals surface area (Å²) in [6, 6.07) is 21.6. The minimum Gasteiger partial charge on any atom is -0.497 e. The third-order valence-electron chi connectivity index (χ3n) is 5.90. The summed E-state index contributed by atoms with van der Waals surface area (Å²) in [6.07, 6.45) is 1.46. The SMILES string of the molecule is COc1ccc(Cn2ncc(-c3cccc(N)c3)c(CC(=O)NCc3cccc(C(=N)N)c3)c2=O)cc1. The number of rotatable bonds is 9. The molecule has 1 heterocycles. The van der Waals surface area contributed by atoms with E-state index in [4.69, 9.17) is 21.6 Å². The second kappa shape index (κ2) is 11.2. The van der Waals surface area contributed by atoms with E-state index in [0.717, 1.165) is 11.1 Å². The number of amides is 1. The van der Waals surface area contributed by atoms with Crippen molar-refractivity contribution in [2.75, 3.05) is 12.8 Å². The molecule has 6 N–H and O–H groups in total. The first-order chi connectivity index (χ1) is 17.8. The Hall–Kier alpha value is -4.92. The summed E-state index contributed by atoms with van der Waals surface area (Å²) in [7, 11) is 1.59. The van der Waals surface area contributed by atoms with Crippen LogP contribution in [0.5, 0.6) is 5.75 Å². The highest BCUT2D eigenvalue weighted by Crippen LogP contribution is 2.23. The molecule has 188 valence electrons. The van der Waals surface area contributed by atoms with E-state index in [0.29, 0.717) is 33.7 Å². The van der Waals surface area contributed by atoms with E-state index in [1.807, 2.05) is 36.4 Å². The Labute approximate surface area is 214 Å². The van der Waals surface area contributed by atoms with Gasteiger partial charge in [0.2, 0.25) is 5.91 Å². The molecule has 0 unspecified atom stereocenters. The van der Waals surface area contributed by atoms with E-state index in [9.17, 15) is 9.59 Å². The van der Waals surface area contributed by atoms with Gasteiger partial charge < -0.3 is 21.5 Å². The van der Waals surface area contributed by atoms with Gasteiger partial charge in [0.15, 0.2) is 0 Å². The van der Waals surface area contributed by atoms with Crippen LogP contribution in [0, 0.1) is 5.41 Å². The fraction of sp³-hybridized carbons (Fsp3) is 0.143. The van der Waals surface area contributed by atoms with Crippen molar-refractivity contribution in [2.45, 2.75) is 19.5 Å². The summed E-state index contributed by atoms with van der Waals surface area (Å²) >= 11 is 0. The molecule has 4 aromatic rings. The van der Waals surface area contributed by atoms with Crippen molar-refractivity contribution in [1.29, 1.82) is 5.41 Å². The number of hydrogen-bond acceptors (Lipinski definition) is 6. The van der Waals surface area contributed by atoms with Crippen LogP contribution < -0.4 is 27.1 Å². The molecule has 0 radical (unpaired) electrons. The molecule has 0 aliphatic rings. The van der Waals surface area contributed by atoms with Crippen LogP contribution in [0.3, 0.4) is 0 Å². The van der Waals surface area contributed by atoms with E-state index >= 15 is 0 Å². The molecule has 0 saturated heterocycles. The Balaban J connectivity index is 1.62. The van der Waals surface area contributed by atoms with Crippen molar-refractivity contribution in [3.8, 4) is 16.9 Å². The first kappa shape index (κ1) is 25.2. The molecular formula is C28H28N6O3. The van der Waals surface area contributed by atoms with E-state index in [1.165, 1.54) is 4.68 Å². The molecule has 0 saturated carbocycles. The number of nitrogen functional groups attached to an aromatic ring is 2. The van der Waals surface area contributed by atoms with Gasteiger partial charge >= 0.3 is 0 Å². The summed E-state index contributed by atoms with van der Waals surface area (Å²) in [6.45, 7) is 0.477. The maximum atomic E-state index is 13.5. The maximum Gasteiger partial charge on any atom is 0.271 e. The van der Waals surface area contributed by atoms with Crippen molar-refractivity contribution in [3.63, 3.8) is 0 Å². The average Bonchev–Trinajstić information content (AvgIpc) is 2.90. The van der Waals surface area contributed by atoms with Crippen LogP contribution in [-0.4, -0.2) is 28.6 Å². The average molecular weight is 497 g/mol. The summed E-state index contributed by atoms with van der Waals surface area (Å²) in [4.78, 5) is 26.5. The number of amidine groups is 1. The lowest BCUT2D eigenvalue weighted by Gasteiger charge is -2.13. The van der Waals surface area contributed by atoms with Gasteiger partial charge in [0.05, 0.1) is 26.3 Å². The Morgan fingerprint density at radius 1 is 1.05 bits per heavy atom. The number of benzene rings is 3. The Bertz CT molecular complexity index is 1490. The number of carbonyl (C=O) groups excluding carboxylic acids is 1.